The Labute approximate surface area is 91.1 Å². The van der Waals surface area contributed by atoms with E-state index in [1.165, 1.54) is 24.8 Å². The van der Waals surface area contributed by atoms with E-state index in [0.717, 1.165) is 18.0 Å². The van der Waals surface area contributed by atoms with Gasteiger partial charge in [0.05, 0.1) is 0 Å². The first-order valence-corrected chi connectivity index (χ1v) is 5.69. The number of nitrogens with two attached hydrogens (primary N) is 1. The van der Waals surface area contributed by atoms with Gasteiger partial charge in [-0.1, -0.05) is 18.9 Å². The van der Waals surface area contributed by atoms with E-state index < -0.39 is 0 Å². The van der Waals surface area contributed by atoms with Gasteiger partial charge in [-0.15, -0.1) is 0 Å². The van der Waals surface area contributed by atoms with E-state index in [9.17, 15) is 0 Å². The molecule has 1 heterocycles. The van der Waals surface area contributed by atoms with Crippen LogP contribution in [0.2, 0.25) is 0 Å². The minimum Gasteiger partial charge on any atom is -0.271 e. The van der Waals surface area contributed by atoms with Crippen LogP contribution in [0.25, 0.3) is 0 Å². The SMILES string of the molecule is Cc1ncccc1C(CCC1CC1)NN. The van der Waals surface area contributed by atoms with E-state index in [1.807, 2.05) is 19.2 Å². The third-order valence-electron chi connectivity index (χ3n) is 3.18. The Morgan fingerprint density at radius 3 is 3.00 bits per heavy atom. The van der Waals surface area contributed by atoms with E-state index in [1.54, 1.807) is 0 Å². The minimum absolute atomic E-state index is 0.263. The number of aryl methyl sites for hydroxylation is 1. The fourth-order valence-corrected chi connectivity index (χ4v) is 2.00. The Balaban J connectivity index is 2.00. The summed E-state index contributed by atoms with van der Waals surface area (Å²) in [6, 6.07) is 4.35. The van der Waals surface area contributed by atoms with Gasteiger partial charge in [-0.05, 0) is 37.3 Å². The van der Waals surface area contributed by atoms with Crippen molar-refractivity contribution >= 4 is 0 Å². The minimum atomic E-state index is 0.263. The Morgan fingerprint density at radius 1 is 1.60 bits per heavy atom. The highest BCUT2D eigenvalue weighted by Crippen LogP contribution is 2.35. The molecule has 1 aromatic heterocycles. The maximum Gasteiger partial charge on any atom is 0.0478 e. The first-order chi connectivity index (χ1) is 7.31. The summed E-state index contributed by atoms with van der Waals surface area (Å²) in [6.07, 6.45) is 7.04. The molecule has 0 radical (unpaired) electrons. The highest BCUT2D eigenvalue weighted by molar-refractivity contribution is 5.22. The lowest BCUT2D eigenvalue weighted by Crippen LogP contribution is -2.28. The van der Waals surface area contributed by atoms with Crippen LogP contribution >= 0.6 is 0 Å². The first-order valence-electron chi connectivity index (χ1n) is 5.69. The number of hydrazine groups is 1. The quantitative estimate of drug-likeness (QED) is 0.571. The molecule has 1 unspecified atom stereocenters. The standard InChI is InChI=1S/C12H19N3/c1-9-11(3-2-8-14-9)12(15-13)7-6-10-4-5-10/h2-3,8,10,12,15H,4-7,13H2,1H3. The van der Waals surface area contributed by atoms with Crippen molar-refractivity contribution in [2.45, 2.75) is 38.6 Å². The van der Waals surface area contributed by atoms with Crippen LogP contribution in [0.15, 0.2) is 18.3 Å². The molecule has 1 aliphatic carbocycles. The van der Waals surface area contributed by atoms with Gasteiger partial charge in [0.15, 0.2) is 0 Å². The molecular weight excluding hydrogens is 186 g/mol. The van der Waals surface area contributed by atoms with Crippen molar-refractivity contribution in [1.29, 1.82) is 0 Å². The van der Waals surface area contributed by atoms with Crippen molar-refractivity contribution in [3.05, 3.63) is 29.6 Å². The summed E-state index contributed by atoms with van der Waals surface area (Å²) in [6.45, 7) is 2.04. The molecule has 3 nitrogen and oxygen atoms in total. The smallest absolute Gasteiger partial charge is 0.0478 e. The monoisotopic (exact) mass is 205 g/mol. The predicted molar refractivity (Wildman–Crippen MR) is 61.0 cm³/mol. The molecule has 3 heteroatoms. The lowest BCUT2D eigenvalue weighted by atomic mass is 10.00. The normalized spacial score (nSPS) is 17.7. The third kappa shape index (κ3) is 2.76. The van der Waals surface area contributed by atoms with Crippen molar-refractivity contribution in [3.8, 4) is 0 Å². The van der Waals surface area contributed by atoms with Crippen LogP contribution in [0.5, 0.6) is 0 Å². The second-order valence-electron chi connectivity index (χ2n) is 4.42. The largest absolute Gasteiger partial charge is 0.271 e. The van der Waals surface area contributed by atoms with Crippen LogP contribution in [0.4, 0.5) is 0 Å². The van der Waals surface area contributed by atoms with Crippen LogP contribution in [0.1, 0.15) is 43.0 Å². The van der Waals surface area contributed by atoms with Crippen LogP contribution in [-0.4, -0.2) is 4.98 Å². The van der Waals surface area contributed by atoms with E-state index in [0.29, 0.717) is 0 Å². The molecule has 1 fully saturated rings. The third-order valence-corrected chi connectivity index (χ3v) is 3.18. The van der Waals surface area contributed by atoms with Gasteiger partial charge in [0.1, 0.15) is 0 Å². The number of hydrogen-bond acceptors (Lipinski definition) is 3. The summed E-state index contributed by atoms with van der Waals surface area (Å²) in [7, 11) is 0. The van der Waals surface area contributed by atoms with Gasteiger partial charge >= 0.3 is 0 Å². The fourth-order valence-electron chi connectivity index (χ4n) is 2.00. The number of rotatable bonds is 5. The zero-order valence-electron chi connectivity index (χ0n) is 9.24. The molecule has 0 amide bonds. The van der Waals surface area contributed by atoms with E-state index in [-0.39, 0.29) is 6.04 Å². The predicted octanol–water partition coefficient (Wildman–Crippen LogP) is 2.08. The van der Waals surface area contributed by atoms with Gasteiger partial charge in [0, 0.05) is 17.9 Å². The number of nitrogens with zero attached hydrogens (tertiary/aromatic N) is 1. The maximum absolute atomic E-state index is 5.60. The summed E-state index contributed by atoms with van der Waals surface area (Å²) in [5.74, 6) is 6.56. The van der Waals surface area contributed by atoms with Crippen LogP contribution < -0.4 is 11.3 Å². The van der Waals surface area contributed by atoms with Gasteiger partial charge in [-0.25, -0.2) is 0 Å². The topological polar surface area (TPSA) is 50.9 Å². The molecule has 0 spiro atoms. The Hall–Kier alpha value is -0.930. The van der Waals surface area contributed by atoms with Crippen molar-refractivity contribution in [2.75, 3.05) is 0 Å². The zero-order chi connectivity index (χ0) is 10.7. The summed E-state index contributed by atoms with van der Waals surface area (Å²) in [4.78, 5) is 4.30. The van der Waals surface area contributed by atoms with Gasteiger partial charge in [-0.2, -0.15) is 0 Å². The zero-order valence-corrected chi connectivity index (χ0v) is 9.24. The van der Waals surface area contributed by atoms with Crippen molar-refractivity contribution < 1.29 is 0 Å². The van der Waals surface area contributed by atoms with Crippen molar-refractivity contribution in [2.24, 2.45) is 11.8 Å². The average Bonchev–Trinajstić information content (AvgIpc) is 3.05. The van der Waals surface area contributed by atoms with Crippen LogP contribution in [0, 0.1) is 12.8 Å². The summed E-state index contributed by atoms with van der Waals surface area (Å²) in [5.41, 5.74) is 5.22. The molecule has 1 saturated carbocycles. The molecule has 15 heavy (non-hydrogen) atoms. The lowest BCUT2D eigenvalue weighted by molar-refractivity contribution is 0.478. The second kappa shape index (κ2) is 4.73. The van der Waals surface area contributed by atoms with E-state index in [4.69, 9.17) is 5.84 Å². The molecular formula is C12H19N3. The summed E-state index contributed by atoms with van der Waals surface area (Å²) >= 11 is 0. The molecule has 0 aromatic carbocycles. The molecule has 0 aliphatic heterocycles. The number of pyridine rings is 1. The Bertz CT molecular complexity index is 320. The number of hydrogen-bond donors (Lipinski definition) is 2. The molecule has 1 aliphatic rings. The Kier molecular flexibility index (Phi) is 3.34. The molecule has 1 aromatic rings. The average molecular weight is 205 g/mol. The van der Waals surface area contributed by atoms with Crippen LogP contribution in [-0.2, 0) is 0 Å². The van der Waals surface area contributed by atoms with Gasteiger partial charge in [0.25, 0.3) is 0 Å². The molecule has 2 rings (SSSR count). The van der Waals surface area contributed by atoms with Crippen molar-refractivity contribution in [1.82, 2.24) is 10.4 Å². The Morgan fingerprint density at radius 2 is 2.40 bits per heavy atom. The number of nitrogens with one attached hydrogen (secondary N) is 1. The van der Waals surface area contributed by atoms with Gasteiger partial charge in [-0.3, -0.25) is 16.3 Å². The molecule has 3 N–H and O–H groups in total. The van der Waals surface area contributed by atoms with Gasteiger partial charge in [0.2, 0.25) is 0 Å². The fraction of sp³-hybridized carbons (Fsp3) is 0.583. The lowest BCUT2D eigenvalue weighted by Gasteiger charge is -2.17. The molecule has 1 atom stereocenters. The highest BCUT2D eigenvalue weighted by atomic mass is 15.2. The van der Waals surface area contributed by atoms with Crippen molar-refractivity contribution in [3.63, 3.8) is 0 Å². The van der Waals surface area contributed by atoms with E-state index >= 15 is 0 Å². The highest BCUT2D eigenvalue weighted by Gasteiger charge is 2.23. The van der Waals surface area contributed by atoms with Gasteiger partial charge < -0.3 is 0 Å². The summed E-state index contributed by atoms with van der Waals surface area (Å²) < 4.78 is 0. The molecule has 82 valence electrons. The molecule has 0 bridgehead atoms. The second-order valence-corrected chi connectivity index (χ2v) is 4.42. The first kappa shape index (κ1) is 10.6. The van der Waals surface area contributed by atoms with Crippen LogP contribution in [0.3, 0.4) is 0 Å². The number of aromatic nitrogens is 1. The molecule has 0 saturated heterocycles. The maximum atomic E-state index is 5.60. The van der Waals surface area contributed by atoms with E-state index in [2.05, 4.69) is 16.5 Å². The summed E-state index contributed by atoms with van der Waals surface area (Å²) in [5, 5.41) is 0.